The van der Waals surface area contributed by atoms with E-state index in [-0.39, 0.29) is 5.69 Å². The van der Waals surface area contributed by atoms with Gasteiger partial charge in [-0.2, -0.15) is 0 Å². The highest BCUT2D eigenvalue weighted by molar-refractivity contribution is 6.33. The summed E-state index contributed by atoms with van der Waals surface area (Å²) in [7, 11) is 0. The predicted octanol–water partition coefficient (Wildman–Crippen LogP) is 3.46. The normalized spacial score (nSPS) is 23.6. The average molecular weight is 241 g/mol. The summed E-state index contributed by atoms with van der Waals surface area (Å²) < 4.78 is 0. The zero-order chi connectivity index (χ0) is 11.7. The molecule has 0 heterocycles. The number of benzene rings is 1. The standard InChI is InChI=1S/C11H13ClN2O2/c1-7-5-8(6-7)13-11-9(12)3-2-4-10(11)14(15)16/h2-4,7-8,13H,5-6H2,1H3. The first-order valence-corrected chi connectivity index (χ1v) is 5.65. The highest BCUT2D eigenvalue weighted by Crippen LogP contribution is 2.36. The summed E-state index contributed by atoms with van der Waals surface area (Å²) in [6.45, 7) is 2.17. The van der Waals surface area contributed by atoms with Crippen molar-refractivity contribution in [3.05, 3.63) is 33.3 Å². The monoisotopic (exact) mass is 240 g/mol. The first-order valence-electron chi connectivity index (χ1n) is 5.27. The van der Waals surface area contributed by atoms with Crippen LogP contribution in [0.25, 0.3) is 0 Å². The number of anilines is 1. The molecule has 0 spiro atoms. The van der Waals surface area contributed by atoms with Crippen molar-refractivity contribution in [1.82, 2.24) is 0 Å². The Bertz CT molecular complexity index is 416. The minimum absolute atomic E-state index is 0.0482. The van der Waals surface area contributed by atoms with Crippen molar-refractivity contribution in [3.8, 4) is 0 Å². The number of hydrogen-bond acceptors (Lipinski definition) is 3. The Labute approximate surface area is 98.8 Å². The molecule has 1 fully saturated rings. The van der Waals surface area contributed by atoms with Crippen LogP contribution in [0, 0.1) is 16.0 Å². The molecule has 1 aliphatic carbocycles. The van der Waals surface area contributed by atoms with E-state index >= 15 is 0 Å². The largest absolute Gasteiger partial charge is 0.376 e. The third-order valence-corrected chi connectivity index (χ3v) is 3.23. The van der Waals surface area contributed by atoms with Crippen LogP contribution in [0.2, 0.25) is 5.02 Å². The third-order valence-electron chi connectivity index (χ3n) is 2.91. The van der Waals surface area contributed by atoms with E-state index < -0.39 is 4.92 Å². The van der Waals surface area contributed by atoms with E-state index in [1.54, 1.807) is 12.1 Å². The predicted molar refractivity (Wildman–Crippen MR) is 63.9 cm³/mol. The van der Waals surface area contributed by atoms with Crippen molar-refractivity contribution in [2.45, 2.75) is 25.8 Å². The highest BCUT2D eigenvalue weighted by Gasteiger charge is 2.28. The van der Waals surface area contributed by atoms with Gasteiger partial charge in [-0.1, -0.05) is 24.6 Å². The second-order valence-electron chi connectivity index (χ2n) is 4.31. The lowest BCUT2D eigenvalue weighted by Gasteiger charge is -2.34. The maximum Gasteiger partial charge on any atom is 0.293 e. The summed E-state index contributed by atoms with van der Waals surface area (Å²) in [6.07, 6.45) is 2.09. The average Bonchev–Trinajstić information content (AvgIpc) is 2.18. The summed E-state index contributed by atoms with van der Waals surface area (Å²) in [5.74, 6) is 0.694. The molecule has 0 aliphatic heterocycles. The molecule has 1 N–H and O–H groups in total. The highest BCUT2D eigenvalue weighted by atomic mass is 35.5. The number of rotatable bonds is 3. The molecule has 86 valence electrons. The zero-order valence-electron chi connectivity index (χ0n) is 8.94. The Morgan fingerprint density at radius 2 is 2.19 bits per heavy atom. The summed E-state index contributed by atoms with van der Waals surface area (Å²) in [5.41, 5.74) is 0.498. The molecule has 0 saturated heterocycles. The van der Waals surface area contributed by atoms with Crippen molar-refractivity contribution in [3.63, 3.8) is 0 Å². The van der Waals surface area contributed by atoms with Crippen molar-refractivity contribution >= 4 is 23.0 Å². The fourth-order valence-corrected chi connectivity index (χ4v) is 2.26. The number of nitrogens with zero attached hydrogens (tertiary/aromatic N) is 1. The quantitative estimate of drug-likeness (QED) is 0.650. The van der Waals surface area contributed by atoms with Crippen LogP contribution >= 0.6 is 11.6 Å². The lowest BCUT2D eigenvalue weighted by atomic mass is 9.82. The van der Waals surface area contributed by atoms with Gasteiger partial charge in [-0.05, 0) is 24.8 Å². The Kier molecular flexibility index (Phi) is 3.01. The van der Waals surface area contributed by atoms with Crippen molar-refractivity contribution in [1.29, 1.82) is 0 Å². The number of nitro groups is 1. The minimum Gasteiger partial charge on any atom is -0.376 e. The molecule has 0 amide bonds. The maximum absolute atomic E-state index is 10.8. The van der Waals surface area contributed by atoms with Crippen LogP contribution < -0.4 is 5.32 Å². The Hall–Kier alpha value is -1.29. The molecule has 5 heteroatoms. The first kappa shape index (κ1) is 11.2. The molecule has 0 radical (unpaired) electrons. The van der Waals surface area contributed by atoms with E-state index in [4.69, 9.17) is 11.6 Å². The number of halogens is 1. The molecular formula is C11H13ClN2O2. The van der Waals surface area contributed by atoms with E-state index in [1.165, 1.54) is 6.07 Å². The van der Waals surface area contributed by atoms with Gasteiger partial charge in [-0.25, -0.2) is 0 Å². The maximum atomic E-state index is 10.8. The number of nitro benzene ring substituents is 1. The first-order chi connectivity index (χ1) is 7.58. The number of hydrogen-bond donors (Lipinski definition) is 1. The topological polar surface area (TPSA) is 55.2 Å². The van der Waals surface area contributed by atoms with Crippen LogP contribution in [0.3, 0.4) is 0 Å². The van der Waals surface area contributed by atoms with Crippen LogP contribution in [0.1, 0.15) is 19.8 Å². The summed E-state index contributed by atoms with van der Waals surface area (Å²) in [4.78, 5) is 10.4. The Morgan fingerprint density at radius 3 is 2.75 bits per heavy atom. The zero-order valence-corrected chi connectivity index (χ0v) is 9.70. The van der Waals surface area contributed by atoms with Gasteiger partial charge in [0.15, 0.2) is 0 Å². The van der Waals surface area contributed by atoms with Crippen LogP contribution in [-0.2, 0) is 0 Å². The minimum atomic E-state index is -0.406. The van der Waals surface area contributed by atoms with Crippen molar-refractivity contribution in [2.75, 3.05) is 5.32 Å². The van der Waals surface area contributed by atoms with Gasteiger partial charge in [0, 0.05) is 12.1 Å². The second kappa shape index (κ2) is 4.29. The van der Waals surface area contributed by atoms with E-state index in [0.29, 0.717) is 22.7 Å². The molecule has 2 rings (SSSR count). The van der Waals surface area contributed by atoms with Gasteiger partial charge < -0.3 is 5.32 Å². The molecule has 4 nitrogen and oxygen atoms in total. The van der Waals surface area contributed by atoms with Crippen molar-refractivity contribution < 1.29 is 4.92 Å². The van der Waals surface area contributed by atoms with Gasteiger partial charge in [0.25, 0.3) is 5.69 Å². The fraction of sp³-hybridized carbons (Fsp3) is 0.455. The lowest BCUT2D eigenvalue weighted by molar-refractivity contribution is -0.384. The molecule has 0 unspecified atom stereocenters. The van der Waals surface area contributed by atoms with Gasteiger partial charge in [-0.3, -0.25) is 10.1 Å². The SMILES string of the molecule is CC1CC(Nc2c(Cl)cccc2[N+](=O)[O-])C1. The molecular weight excluding hydrogens is 228 g/mol. The van der Waals surface area contributed by atoms with Crippen molar-refractivity contribution in [2.24, 2.45) is 5.92 Å². The summed E-state index contributed by atoms with van der Waals surface area (Å²) >= 11 is 5.97. The lowest BCUT2D eigenvalue weighted by Crippen LogP contribution is -2.34. The summed E-state index contributed by atoms with van der Waals surface area (Å²) in [6, 6.07) is 5.04. The van der Waals surface area contributed by atoms with Gasteiger partial charge in [0.1, 0.15) is 5.69 Å². The molecule has 16 heavy (non-hydrogen) atoms. The second-order valence-corrected chi connectivity index (χ2v) is 4.72. The van der Waals surface area contributed by atoms with Gasteiger partial charge >= 0.3 is 0 Å². The van der Waals surface area contributed by atoms with E-state index in [1.807, 2.05) is 0 Å². The van der Waals surface area contributed by atoms with E-state index in [9.17, 15) is 10.1 Å². The third kappa shape index (κ3) is 2.11. The smallest absolute Gasteiger partial charge is 0.293 e. The molecule has 1 aromatic carbocycles. The van der Waals surface area contributed by atoms with Gasteiger partial charge in [0.05, 0.1) is 9.95 Å². The molecule has 1 aliphatic rings. The molecule has 1 saturated carbocycles. The van der Waals surface area contributed by atoms with Crippen LogP contribution in [0.5, 0.6) is 0 Å². The number of para-hydroxylation sites is 1. The Balaban J connectivity index is 2.21. The van der Waals surface area contributed by atoms with E-state index in [0.717, 1.165) is 12.8 Å². The molecule has 1 aromatic rings. The van der Waals surface area contributed by atoms with Gasteiger partial charge in [0.2, 0.25) is 0 Å². The van der Waals surface area contributed by atoms with Gasteiger partial charge in [-0.15, -0.1) is 0 Å². The molecule has 0 bridgehead atoms. The number of nitrogens with one attached hydrogen (secondary N) is 1. The van der Waals surface area contributed by atoms with Crippen LogP contribution in [0.15, 0.2) is 18.2 Å². The summed E-state index contributed by atoms with van der Waals surface area (Å²) in [5, 5.41) is 14.4. The molecule has 0 atom stereocenters. The Morgan fingerprint density at radius 1 is 1.50 bits per heavy atom. The van der Waals surface area contributed by atoms with Crippen LogP contribution in [0.4, 0.5) is 11.4 Å². The molecule has 0 aromatic heterocycles. The van der Waals surface area contributed by atoms with Crippen LogP contribution in [-0.4, -0.2) is 11.0 Å². The van der Waals surface area contributed by atoms with E-state index in [2.05, 4.69) is 12.2 Å². The fourth-order valence-electron chi connectivity index (χ4n) is 2.03.